The maximum atomic E-state index is 13.5. The van der Waals surface area contributed by atoms with Crippen LogP contribution in [0.2, 0.25) is 0 Å². The number of aryl methyl sites for hydroxylation is 1. The molecule has 2 aliphatic heterocycles. The number of aliphatic hydroxyl groups is 1. The molecule has 0 aliphatic carbocycles. The minimum Gasteiger partial charge on any atom is -0.393 e. The van der Waals surface area contributed by atoms with Gasteiger partial charge in [-0.25, -0.2) is 4.79 Å². The number of fused-ring (bicyclic) bond motifs is 1. The van der Waals surface area contributed by atoms with Gasteiger partial charge in [-0.15, -0.1) is 0 Å². The predicted molar refractivity (Wildman–Crippen MR) is 138 cm³/mol. The monoisotopic (exact) mass is 480 g/mol. The molecule has 2 amide bonds. The first-order chi connectivity index (χ1) is 16.5. The molecule has 0 saturated carbocycles. The number of carbonyl (C=O) groups is 1. The summed E-state index contributed by atoms with van der Waals surface area (Å²) in [4.78, 5) is 17.4. The third-order valence-electron chi connectivity index (χ3n) is 7.22. The molecular formula is C29H40N2O4. The van der Waals surface area contributed by atoms with Crippen LogP contribution >= 0.6 is 0 Å². The Morgan fingerprint density at radius 3 is 2.31 bits per heavy atom. The van der Waals surface area contributed by atoms with Gasteiger partial charge < -0.3 is 24.4 Å². The molecule has 6 nitrogen and oxygen atoms in total. The zero-order chi connectivity index (χ0) is 25.5. The summed E-state index contributed by atoms with van der Waals surface area (Å²) in [6.07, 6.45) is -0.459. The summed E-state index contributed by atoms with van der Waals surface area (Å²) in [5, 5.41) is 10.5. The molecule has 2 aromatic rings. The Balaban J connectivity index is 1.81. The van der Waals surface area contributed by atoms with Crippen molar-refractivity contribution in [2.45, 2.75) is 79.3 Å². The molecule has 1 fully saturated rings. The number of hydrogen-bond donors (Lipinski definition) is 1. The maximum Gasteiger partial charge on any atom is 0.321 e. The van der Waals surface area contributed by atoms with Gasteiger partial charge in [-0.1, -0.05) is 29.8 Å². The van der Waals surface area contributed by atoms with Gasteiger partial charge in [-0.2, -0.15) is 0 Å². The summed E-state index contributed by atoms with van der Waals surface area (Å²) in [5.74, 6) is 0. The van der Waals surface area contributed by atoms with Crippen LogP contribution in [0.3, 0.4) is 0 Å². The van der Waals surface area contributed by atoms with Crippen LogP contribution in [0.5, 0.6) is 0 Å². The fraction of sp³-hybridized carbons (Fsp3) is 0.552. The lowest BCUT2D eigenvalue weighted by Gasteiger charge is -2.36. The molecule has 0 aromatic heterocycles. The van der Waals surface area contributed by atoms with Gasteiger partial charge in [0.1, 0.15) is 6.10 Å². The minimum absolute atomic E-state index is 0.0684. The summed E-state index contributed by atoms with van der Waals surface area (Å²) in [6.45, 7) is 17.3. The van der Waals surface area contributed by atoms with Crippen molar-refractivity contribution in [1.29, 1.82) is 0 Å². The lowest BCUT2D eigenvalue weighted by Crippen LogP contribution is -2.51. The molecule has 2 heterocycles. The van der Waals surface area contributed by atoms with Crippen LogP contribution in [0.15, 0.2) is 24.3 Å². The summed E-state index contributed by atoms with van der Waals surface area (Å²) >= 11 is 0. The van der Waals surface area contributed by atoms with Crippen molar-refractivity contribution in [3.05, 3.63) is 57.6 Å². The molecule has 0 unspecified atom stereocenters. The Hall–Kier alpha value is -2.41. The number of ether oxygens (including phenoxy) is 2. The second kappa shape index (κ2) is 9.92. The average Bonchev–Trinajstić information content (AvgIpc) is 3.26. The van der Waals surface area contributed by atoms with Crippen molar-refractivity contribution in [3.63, 3.8) is 0 Å². The Bertz CT molecular complexity index is 1090. The quantitative estimate of drug-likeness (QED) is 0.646. The van der Waals surface area contributed by atoms with Crippen LogP contribution in [-0.4, -0.2) is 58.9 Å². The van der Waals surface area contributed by atoms with Crippen LogP contribution in [0, 0.1) is 20.8 Å². The van der Waals surface area contributed by atoms with Crippen molar-refractivity contribution in [2.24, 2.45) is 0 Å². The van der Waals surface area contributed by atoms with E-state index in [9.17, 15) is 9.90 Å². The van der Waals surface area contributed by atoms with Gasteiger partial charge in [0, 0.05) is 19.6 Å². The largest absolute Gasteiger partial charge is 0.393 e. The number of benzene rings is 2. The lowest BCUT2D eigenvalue weighted by atomic mass is 9.83. The van der Waals surface area contributed by atoms with Crippen molar-refractivity contribution in [3.8, 4) is 11.1 Å². The van der Waals surface area contributed by atoms with Gasteiger partial charge in [0.2, 0.25) is 0 Å². The number of aliphatic hydroxyl groups excluding tert-OH is 1. The summed E-state index contributed by atoms with van der Waals surface area (Å²) in [7, 11) is 0. The van der Waals surface area contributed by atoms with Crippen LogP contribution in [0.1, 0.15) is 67.2 Å². The zero-order valence-electron chi connectivity index (χ0n) is 22.3. The van der Waals surface area contributed by atoms with Crippen LogP contribution < -0.4 is 0 Å². The van der Waals surface area contributed by atoms with E-state index in [4.69, 9.17) is 9.47 Å². The van der Waals surface area contributed by atoms with E-state index in [-0.39, 0.29) is 18.7 Å². The van der Waals surface area contributed by atoms with E-state index in [1.54, 1.807) is 0 Å². The number of amides is 2. The van der Waals surface area contributed by atoms with Gasteiger partial charge in [0.05, 0.1) is 31.5 Å². The second-order valence-corrected chi connectivity index (χ2v) is 11.0. The second-order valence-electron chi connectivity index (χ2n) is 11.0. The van der Waals surface area contributed by atoms with Crippen molar-refractivity contribution < 1.29 is 19.4 Å². The molecular weight excluding hydrogens is 440 g/mol. The molecule has 0 spiro atoms. The normalized spacial score (nSPS) is 19.1. The van der Waals surface area contributed by atoms with Crippen LogP contribution in [-0.2, 0) is 22.6 Å². The van der Waals surface area contributed by atoms with Crippen LogP contribution in [0.4, 0.5) is 4.79 Å². The summed E-state index contributed by atoms with van der Waals surface area (Å²) in [5.41, 5.74) is 8.69. The summed E-state index contributed by atoms with van der Waals surface area (Å²) < 4.78 is 11.9. The fourth-order valence-corrected chi connectivity index (χ4v) is 5.46. The molecule has 2 atom stereocenters. The highest BCUT2D eigenvalue weighted by Crippen LogP contribution is 2.43. The molecule has 35 heavy (non-hydrogen) atoms. The first-order valence-corrected chi connectivity index (χ1v) is 12.7. The van der Waals surface area contributed by atoms with E-state index in [0.29, 0.717) is 32.8 Å². The van der Waals surface area contributed by atoms with Gasteiger partial charge in [0.25, 0.3) is 0 Å². The molecule has 1 N–H and O–H groups in total. The highest BCUT2D eigenvalue weighted by Gasteiger charge is 2.36. The van der Waals surface area contributed by atoms with Gasteiger partial charge in [0.15, 0.2) is 0 Å². The molecule has 0 bridgehead atoms. The van der Waals surface area contributed by atoms with Gasteiger partial charge >= 0.3 is 6.03 Å². The van der Waals surface area contributed by atoms with E-state index < -0.39 is 11.7 Å². The lowest BCUT2D eigenvalue weighted by molar-refractivity contribution is -0.0822. The first kappa shape index (κ1) is 25.7. The average molecular weight is 481 g/mol. The molecule has 6 heteroatoms. The van der Waals surface area contributed by atoms with E-state index in [1.807, 2.05) is 37.5 Å². The molecule has 190 valence electrons. The van der Waals surface area contributed by atoms with Crippen molar-refractivity contribution in [1.82, 2.24) is 9.80 Å². The molecule has 0 radical (unpaired) electrons. The molecule has 1 saturated heterocycles. The number of nitrogens with zero attached hydrogens (tertiary/aromatic N) is 2. The molecule has 2 aliphatic rings. The maximum absolute atomic E-state index is 13.5. The van der Waals surface area contributed by atoms with E-state index in [0.717, 1.165) is 27.8 Å². The van der Waals surface area contributed by atoms with Crippen molar-refractivity contribution in [2.75, 3.05) is 26.4 Å². The summed E-state index contributed by atoms with van der Waals surface area (Å²) in [6, 6.07) is 8.67. The van der Waals surface area contributed by atoms with E-state index in [2.05, 4.69) is 45.0 Å². The van der Waals surface area contributed by atoms with E-state index >= 15 is 0 Å². The SMILES string of the molecule is Cc1ccc(-c2c(C)c3c(c(C)c2[C@@H](CO)OC(C)(C)C)CN(C(=O)N2CCOC[C@@H]2C)C3)cc1. The minimum atomic E-state index is -0.459. The number of urea groups is 1. The highest BCUT2D eigenvalue weighted by molar-refractivity contribution is 5.79. The topological polar surface area (TPSA) is 62.2 Å². The number of hydrogen-bond acceptors (Lipinski definition) is 4. The highest BCUT2D eigenvalue weighted by atomic mass is 16.5. The molecule has 4 rings (SSSR count). The van der Waals surface area contributed by atoms with Crippen LogP contribution in [0.25, 0.3) is 11.1 Å². The Morgan fingerprint density at radius 1 is 1.11 bits per heavy atom. The predicted octanol–water partition coefficient (Wildman–Crippen LogP) is 5.28. The first-order valence-electron chi connectivity index (χ1n) is 12.7. The number of carbonyl (C=O) groups excluding carboxylic acids is 1. The Labute approximate surface area is 209 Å². The Morgan fingerprint density at radius 2 is 1.74 bits per heavy atom. The van der Waals surface area contributed by atoms with Crippen molar-refractivity contribution >= 4 is 6.03 Å². The fourth-order valence-electron chi connectivity index (χ4n) is 5.46. The standard InChI is InChI=1S/C29H40N2O4/c1-18-8-10-22(11-9-18)26-20(3)23-14-30(28(33)31-12-13-34-17-19(31)2)15-24(23)21(4)27(26)25(16-32)35-29(5,6)7/h8-11,19,25,32H,12-17H2,1-7H3/t19-,25+/m0/s1. The van der Waals surface area contributed by atoms with Gasteiger partial charge in [-0.3, -0.25) is 0 Å². The Kier molecular flexibility index (Phi) is 7.28. The zero-order valence-corrected chi connectivity index (χ0v) is 22.3. The smallest absolute Gasteiger partial charge is 0.321 e. The molecule has 2 aromatic carbocycles. The van der Waals surface area contributed by atoms with E-state index in [1.165, 1.54) is 16.7 Å². The number of morpholine rings is 1. The number of rotatable bonds is 4. The third-order valence-corrected chi connectivity index (χ3v) is 7.22. The third kappa shape index (κ3) is 5.11. The van der Waals surface area contributed by atoms with Gasteiger partial charge in [-0.05, 0) is 87.4 Å².